The second kappa shape index (κ2) is 4.57. The zero-order valence-electron chi connectivity index (χ0n) is 11.0. The number of ether oxygens (including phenoxy) is 1. The fourth-order valence-corrected chi connectivity index (χ4v) is 3.07. The molecule has 0 radical (unpaired) electrons. The third-order valence-corrected chi connectivity index (χ3v) is 4.50. The second-order valence-electron chi connectivity index (χ2n) is 4.94. The maximum absolute atomic E-state index is 11.7. The van der Waals surface area contributed by atoms with Crippen LogP contribution in [0.3, 0.4) is 0 Å². The number of rotatable bonds is 2. The van der Waals surface area contributed by atoms with Crippen molar-refractivity contribution in [2.24, 2.45) is 0 Å². The van der Waals surface area contributed by atoms with E-state index >= 15 is 0 Å². The Hall–Kier alpha value is -1.47. The first-order valence-electron chi connectivity index (χ1n) is 6.35. The molecule has 0 saturated carbocycles. The highest BCUT2D eigenvalue weighted by Crippen LogP contribution is 2.28. The van der Waals surface area contributed by atoms with Crippen molar-refractivity contribution in [1.82, 2.24) is 14.6 Å². The minimum absolute atomic E-state index is 0.140. The van der Waals surface area contributed by atoms with Gasteiger partial charge in [-0.1, -0.05) is 18.3 Å². The molecule has 102 valence electrons. The van der Waals surface area contributed by atoms with Crippen molar-refractivity contribution in [1.29, 1.82) is 0 Å². The molecule has 0 aromatic carbocycles. The average Bonchev–Trinajstić information content (AvgIpc) is 2.84. The van der Waals surface area contributed by atoms with Gasteiger partial charge in [-0.2, -0.15) is 4.52 Å². The number of anilines is 1. The summed E-state index contributed by atoms with van der Waals surface area (Å²) >= 11 is 1.44. The number of nitrogens with zero attached hydrogens (tertiary/aromatic N) is 4. The molecule has 6 nitrogen and oxygen atoms in total. The maximum Gasteiger partial charge on any atom is 0.275 e. The quantitative estimate of drug-likeness (QED) is 0.826. The van der Waals surface area contributed by atoms with Crippen molar-refractivity contribution in [2.45, 2.75) is 25.9 Å². The van der Waals surface area contributed by atoms with E-state index in [0.29, 0.717) is 11.6 Å². The lowest BCUT2D eigenvalue weighted by atomic mass is 10.0. The van der Waals surface area contributed by atoms with E-state index in [4.69, 9.17) is 4.74 Å². The number of aromatic nitrogens is 3. The fraction of sp³-hybridized carbons (Fsp3) is 0.583. The fourth-order valence-electron chi connectivity index (χ4n) is 2.17. The standard InChI is InChI=1S/C12H16N4O2S/c1-3-12(2)8-15(6-7-18-12)11-14-16-9(17)4-5-13-10(16)19-11/h4-5H,3,6-8H2,1-2H3. The van der Waals surface area contributed by atoms with Gasteiger partial charge in [0.25, 0.3) is 5.56 Å². The molecule has 2 aromatic heterocycles. The SMILES string of the molecule is CCC1(C)CN(c2nn3c(=O)ccnc3s2)CCO1. The molecule has 0 N–H and O–H groups in total. The van der Waals surface area contributed by atoms with Gasteiger partial charge in [0.1, 0.15) is 0 Å². The molecular weight excluding hydrogens is 264 g/mol. The van der Waals surface area contributed by atoms with Crippen LogP contribution >= 0.6 is 11.3 Å². The monoisotopic (exact) mass is 280 g/mol. The van der Waals surface area contributed by atoms with E-state index in [9.17, 15) is 4.79 Å². The summed E-state index contributed by atoms with van der Waals surface area (Å²) in [6, 6.07) is 1.42. The third kappa shape index (κ3) is 2.23. The van der Waals surface area contributed by atoms with Gasteiger partial charge in [0.05, 0.1) is 12.2 Å². The van der Waals surface area contributed by atoms with Gasteiger partial charge >= 0.3 is 0 Å². The minimum atomic E-state index is -0.144. The normalized spacial score (nSPS) is 24.0. The molecular formula is C12H16N4O2S. The van der Waals surface area contributed by atoms with Crippen molar-refractivity contribution in [3.8, 4) is 0 Å². The molecule has 2 aromatic rings. The molecule has 1 fully saturated rings. The number of fused-ring (bicyclic) bond motifs is 1. The molecule has 0 amide bonds. The van der Waals surface area contributed by atoms with Crippen molar-refractivity contribution >= 4 is 21.4 Å². The van der Waals surface area contributed by atoms with Crippen LogP contribution in [-0.2, 0) is 4.74 Å². The van der Waals surface area contributed by atoms with Crippen LogP contribution in [0, 0.1) is 0 Å². The molecule has 1 unspecified atom stereocenters. The van der Waals surface area contributed by atoms with Crippen LogP contribution in [0.15, 0.2) is 17.1 Å². The van der Waals surface area contributed by atoms with Gasteiger partial charge in [-0.25, -0.2) is 4.98 Å². The van der Waals surface area contributed by atoms with E-state index in [1.807, 2.05) is 0 Å². The van der Waals surface area contributed by atoms with Gasteiger partial charge in [-0.15, -0.1) is 5.10 Å². The van der Waals surface area contributed by atoms with Crippen LogP contribution in [-0.4, -0.2) is 39.9 Å². The highest BCUT2D eigenvalue weighted by Gasteiger charge is 2.31. The smallest absolute Gasteiger partial charge is 0.275 e. The predicted octanol–water partition coefficient (Wildman–Crippen LogP) is 1.16. The second-order valence-corrected chi connectivity index (χ2v) is 5.87. The molecule has 0 bridgehead atoms. The Kier molecular flexibility index (Phi) is 3.02. The summed E-state index contributed by atoms with van der Waals surface area (Å²) < 4.78 is 7.18. The molecule has 7 heteroatoms. The molecule has 19 heavy (non-hydrogen) atoms. The lowest BCUT2D eigenvalue weighted by Gasteiger charge is -2.39. The van der Waals surface area contributed by atoms with E-state index < -0.39 is 0 Å². The molecule has 0 spiro atoms. The lowest BCUT2D eigenvalue weighted by molar-refractivity contribution is -0.0441. The van der Waals surface area contributed by atoms with Gasteiger partial charge < -0.3 is 9.64 Å². The zero-order valence-corrected chi connectivity index (χ0v) is 11.8. The van der Waals surface area contributed by atoms with Crippen LogP contribution in [0.2, 0.25) is 0 Å². The number of hydrogen-bond acceptors (Lipinski definition) is 6. The Morgan fingerprint density at radius 3 is 3.16 bits per heavy atom. The number of hydrogen-bond donors (Lipinski definition) is 0. The summed E-state index contributed by atoms with van der Waals surface area (Å²) in [5.41, 5.74) is -0.284. The summed E-state index contributed by atoms with van der Waals surface area (Å²) in [6.45, 7) is 6.50. The van der Waals surface area contributed by atoms with Gasteiger partial charge in [0, 0.05) is 25.4 Å². The van der Waals surface area contributed by atoms with E-state index in [0.717, 1.165) is 24.6 Å². The summed E-state index contributed by atoms with van der Waals surface area (Å²) in [6.07, 6.45) is 2.47. The van der Waals surface area contributed by atoms with Gasteiger partial charge in [-0.05, 0) is 13.3 Å². The zero-order chi connectivity index (χ0) is 13.5. The van der Waals surface area contributed by atoms with Crippen molar-refractivity contribution in [2.75, 3.05) is 24.6 Å². The Morgan fingerprint density at radius 2 is 2.42 bits per heavy atom. The molecule has 3 rings (SSSR count). The first kappa shape index (κ1) is 12.6. The van der Waals surface area contributed by atoms with Crippen LogP contribution in [0.25, 0.3) is 4.96 Å². The van der Waals surface area contributed by atoms with Crippen molar-refractivity contribution < 1.29 is 4.74 Å². The summed E-state index contributed by atoms with van der Waals surface area (Å²) in [5, 5.41) is 5.20. The lowest BCUT2D eigenvalue weighted by Crippen LogP contribution is -2.49. The maximum atomic E-state index is 11.7. The molecule has 1 saturated heterocycles. The molecule has 3 heterocycles. The van der Waals surface area contributed by atoms with Gasteiger partial charge in [-0.3, -0.25) is 4.79 Å². The van der Waals surface area contributed by atoms with E-state index in [-0.39, 0.29) is 11.2 Å². The van der Waals surface area contributed by atoms with Crippen LogP contribution in [0.4, 0.5) is 5.13 Å². The Bertz CT molecular complexity index is 652. The van der Waals surface area contributed by atoms with Gasteiger partial charge in [0.2, 0.25) is 10.1 Å². The molecule has 0 aliphatic carbocycles. The average molecular weight is 280 g/mol. The Balaban J connectivity index is 1.96. The van der Waals surface area contributed by atoms with Crippen LogP contribution in [0.5, 0.6) is 0 Å². The number of morpholine rings is 1. The first-order chi connectivity index (χ1) is 9.11. The first-order valence-corrected chi connectivity index (χ1v) is 7.17. The van der Waals surface area contributed by atoms with Crippen molar-refractivity contribution in [3.63, 3.8) is 0 Å². The highest BCUT2D eigenvalue weighted by atomic mass is 32.1. The minimum Gasteiger partial charge on any atom is -0.372 e. The van der Waals surface area contributed by atoms with E-state index in [1.54, 1.807) is 0 Å². The summed E-state index contributed by atoms with van der Waals surface area (Å²) in [4.78, 5) is 18.7. The van der Waals surface area contributed by atoms with Crippen LogP contribution in [0.1, 0.15) is 20.3 Å². The van der Waals surface area contributed by atoms with Gasteiger partial charge in [0.15, 0.2) is 0 Å². The molecule has 1 aliphatic rings. The predicted molar refractivity (Wildman–Crippen MR) is 74.0 cm³/mol. The van der Waals surface area contributed by atoms with Crippen LogP contribution < -0.4 is 10.5 Å². The molecule has 1 aliphatic heterocycles. The Labute approximate surface area is 114 Å². The molecule has 1 atom stereocenters. The van der Waals surface area contributed by atoms with E-state index in [1.165, 1.54) is 28.1 Å². The van der Waals surface area contributed by atoms with E-state index in [2.05, 4.69) is 28.8 Å². The third-order valence-electron chi connectivity index (χ3n) is 3.52. The summed E-state index contributed by atoms with van der Waals surface area (Å²) in [7, 11) is 0. The highest BCUT2D eigenvalue weighted by molar-refractivity contribution is 7.20. The summed E-state index contributed by atoms with van der Waals surface area (Å²) in [5.74, 6) is 0. The van der Waals surface area contributed by atoms with Crippen molar-refractivity contribution in [3.05, 3.63) is 22.6 Å². The Morgan fingerprint density at radius 1 is 1.58 bits per heavy atom. The topological polar surface area (TPSA) is 59.7 Å². The largest absolute Gasteiger partial charge is 0.372 e.